The topological polar surface area (TPSA) is 64.0 Å². The van der Waals surface area contributed by atoms with Crippen LogP contribution in [0.3, 0.4) is 0 Å². The number of carbonyl (C=O) groups is 2. The highest BCUT2D eigenvalue weighted by Crippen LogP contribution is 2.18. The van der Waals surface area contributed by atoms with Gasteiger partial charge in [-0.1, -0.05) is 6.92 Å². The average molecular weight is 351 g/mol. The van der Waals surface area contributed by atoms with Gasteiger partial charge in [0.25, 0.3) is 5.91 Å². The molecule has 0 saturated carbocycles. The van der Waals surface area contributed by atoms with Crippen LogP contribution in [-0.2, 0) is 6.42 Å². The highest BCUT2D eigenvalue weighted by Gasteiger charge is 2.15. The molecule has 6 heteroatoms. The number of aldehydes is 1. The van der Waals surface area contributed by atoms with Crippen molar-refractivity contribution in [1.29, 1.82) is 0 Å². The van der Waals surface area contributed by atoms with E-state index >= 15 is 0 Å². The molecule has 3 aromatic rings. The first kappa shape index (κ1) is 17.5. The molecule has 0 spiro atoms. The van der Waals surface area contributed by atoms with Gasteiger partial charge >= 0.3 is 0 Å². The van der Waals surface area contributed by atoms with E-state index in [1.165, 1.54) is 16.8 Å². The lowest BCUT2D eigenvalue weighted by Gasteiger charge is -2.08. The molecule has 2 aromatic carbocycles. The summed E-state index contributed by atoms with van der Waals surface area (Å²) in [5.41, 5.74) is 3.75. The van der Waals surface area contributed by atoms with E-state index in [0.29, 0.717) is 34.6 Å². The molecule has 0 saturated heterocycles. The fraction of sp³-hybridized carbons (Fsp3) is 0.150. The van der Waals surface area contributed by atoms with Crippen LogP contribution < -0.4 is 5.32 Å². The zero-order valence-electron chi connectivity index (χ0n) is 14.5. The third-order valence-electron chi connectivity index (χ3n) is 4.14. The molecule has 26 heavy (non-hydrogen) atoms. The minimum absolute atomic E-state index is 0.295. The van der Waals surface area contributed by atoms with Crippen LogP contribution in [0, 0.1) is 12.7 Å². The van der Waals surface area contributed by atoms with E-state index in [-0.39, 0.29) is 11.7 Å². The zero-order chi connectivity index (χ0) is 18.7. The van der Waals surface area contributed by atoms with Gasteiger partial charge in [0.2, 0.25) is 0 Å². The molecule has 0 aliphatic rings. The number of hydrogen-bond acceptors (Lipinski definition) is 3. The molecule has 1 aromatic heterocycles. The van der Waals surface area contributed by atoms with Crippen molar-refractivity contribution in [2.45, 2.75) is 20.3 Å². The quantitative estimate of drug-likeness (QED) is 0.708. The number of aromatic nitrogens is 2. The number of anilines is 1. The maximum absolute atomic E-state index is 13.1. The second-order valence-corrected chi connectivity index (χ2v) is 5.89. The Morgan fingerprint density at radius 1 is 1.23 bits per heavy atom. The van der Waals surface area contributed by atoms with Crippen LogP contribution in [0.1, 0.15) is 38.9 Å². The van der Waals surface area contributed by atoms with Crippen LogP contribution in [0.5, 0.6) is 0 Å². The third-order valence-corrected chi connectivity index (χ3v) is 4.14. The van der Waals surface area contributed by atoms with Crippen molar-refractivity contribution < 1.29 is 14.0 Å². The molecule has 1 N–H and O–H groups in total. The Kier molecular flexibility index (Phi) is 4.93. The van der Waals surface area contributed by atoms with Gasteiger partial charge in [0.15, 0.2) is 0 Å². The highest BCUT2D eigenvalue weighted by atomic mass is 19.1. The first-order valence-electron chi connectivity index (χ1n) is 8.23. The summed E-state index contributed by atoms with van der Waals surface area (Å²) >= 11 is 0. The molecule has 0 bridgehead atoms. The summed E-state index contributed by atoms with van der Waals surface area (Å²) in [7, 11) is 0. The van der Waals surface area contributed by atoms with Gasteiger partial charge in [-0.3, -0.25) is 9.59 Å². The number of hydrogen-bond donors (Lipinski definition) is 1. The molecule has 3 rings (SSSR count). The standard InChI is InChI=1S/C20H18FN3O2/c1-3-14-10-17(7-4-15(14)12-25)22-20(26)19-11-24(23-13(19)2)18-8-5-16(21)6-9-18/h4-12H,3H2,1-2H3,(H,22,26). The normalized spacial score (nSPS) is 10.6. The molecule has 5 nitrogen and oxygen atoms in total. The number of nitrogens with one attached hydrogen (secondary N) is 1. The number of halogens is 1. The van der Waals surface area contributed by atoms with Gasteiger partial charge in [0.1, 0.15) is 12.1 Å². The summed E-state index contributed by atoms with van der Waals surface area (Å²) in [6.07, 6.45) is 3.11. The number of amides is 1. The predicted octanol–water partition coefficient (Wildman–Crippen LogP) is 3.95. The first-order chi connectivity index (χ1) is 12.5. The lowest BCUT2D eigenvalue weighted by molar-refractivity contribution is 0.102. The molecule has 0 aliphatic heterocycles. The van der Waals surface area contributed by atoms with Crippen molar-refractivity contribution in [2.24, 2.45) is 0 Å². The highest BCUT2D eigenvalue weighted by molar-refractivity contribution is 6.05. The molecule has 0 atom stereocenters. The van der Waals surface area contributed by atoms with Crippen molar-refractivity contribution in [2.75, 3.05) is 5.32 Å². The van der Waals surface area contributed by atoms with Crippen LogP contribution in [0.25, 0.3) is 5.69 Å². The van der Waals surface area contributed by atoms with Crippen LogP contribution in [0.15, 0.2) is 48.7 Å². The summed E-state index contributed by atoms with van der Waals surface area (Å²) in [4.78, 5) is 23.6. The van der Waals surface area contributed by atoms with E-state index in [2.05, 4.69) is 10.4 Å². The molecule has 1 heterocycles. The van der Waals surface area contributed by atoms with E-state index in [9.17, 15) is 14.0 Å². The molecule has 0 aliphatic carbocycles. The fourth-order valence-corrected chi connectivity index (χ4v) is 2.71. The molecule has 0 fully saturated rings. The van der Waals surface area contributed by atoms with Gasteiger partial charge in [0.05, 0.1) is 16.9 Å². The van der Waals surface area contributed by atoms with Gasteiger partial charge in [0, 0.05) is 17.4 Å². The van der Waals surface area contributed by atoms with Crippen molar-refractivity contribution in [3.8, 4) is 5.69 Å². The predicted molar refractivity (Wildman–Crippen MR) is 97.4 cm³/mol. The second kappa shape index (κ2) is 7.31. The number of aryl methyl sites for hydroxylation is 2. The van der Waals surface area contributed by atoms with E-state index < -0.39 is 0 Å². The fourth-order valence-electron chi connectivity index (χ4n) is 2.71. The number of benzene rings is 2. The lowest BCUT2D eigenvalue weighted by atomic mass is 10.1. The van der Waals surface area contributed by atoms with Crippen LogP contribution >= 0.6 is 0 Å². The van der Waals surface area contributed by atoms with E-state index in [0.717, 1.165) is 11.8 Å². The Hall–Kier alpha value is -3.28. The Labute approximate surface area is 150 Å². The van der Waals surface area contributed by atoms with Gasteiger partial charge in [-0.25, -0.2) is 9.07 Å². The zero-order valence-corrected chi connectivity index (χ0v) is 14.5. The molecule has 132 valence electrons. The van der Waals surface area contributed by atoms with Crippen molar-refractivity contribution >= 4 is 17.9 Å². The van der Waals surface area contributed by atoms with E-state index in [1.807, 2.05) is 6.92 Å². The molecule has 0 radical (unpaired) electrons. The van der Waals surface area contributed by atoms with Crippen LogP contribution in [0.4, 0.5) is 10.1 Å². The Bertz CT molecular complexity index is 962. The molecular weight excluding hydrogens is 333 g/mol. The first-order valence-corrected chi connectivity index (χ1v) is 8.23. The third kappa shape index (κ3) is 3.54. The van der Waals surface area contributed by atoms with Crippen molar-refractivity contribution in [1.82, 2.24) is 9.78 Å². The summed E-state index contributed by atoms with van der Waals surface area (Å²) in [5, 5.41) is 7.15. The van der Waals surface area contributed by atoms with Crippen LogP contribution in [0.2, 0.25) is 0 Å². The van der Waals surface area contributed by atoms with Gasteiger partial charge in [-0.05, 0) is 61.4 Å². The maximum Gasteiger partial charge on any atom is 0.259 e. The number of nitrogens with zero attached hydrogens (tertiary/aromatic N) is 2. The monoisotopic (exact) mass is 351 g/mol. The second-order valence-electron chi connectivity index (χ2n) is 5.89. The smallest absolute Gasteiger partial charge is 0.259 e. The van der Waals surface area contributed by atoms with E-state index in [1.54, 1.807) is 43.5 Å². The van der Waals surface area contributed by atoms with Gasteiger partial charge < -0.3 is 5.32 Å². The summed E-state index contributed by atoms with van der Waals surface area (Å²) in [6.45, 7) is 3.69. The minimum Gasteiger partial charge on any atom is -0.322 e. The minimum atomic E-state index is -0.332. The van der Waals surface area contributed by atoms with E-state index in [4.69, 9.17) is 0 Å². The molecule has 0 unspecified atom stereocenters. The summed E-state index contributed by atoms with van der Waals surface area (Å²) < 4.78 is 14.6. The van der Waals surface area contributed by atoms with Crippen molar-refractivity contribution in [3.63, 3.8) is 0 Å². The van der Waals surface area contributed by atoms with Gasteiger partial charge in [-0.15, -0.1) is 0 Å². The Morgan fingerprint density at radius 3 is 2.62 bits per heavy atom. The summed E-state index contributed by atoms with van der Waals surface area (Å²) in [6, 6.07) is 11.0. The lowest BCUT2D eigenvalue weighted by Crippen LogP contribution is -2.12. The molecule has 1 amide bonds. The van der Waals surface area contributed by atoms with Crippen molar-refractivity contribution in [3.05, 3.63) is 76.9 Å². The Morgan fingerprint density at radius 2 is 1.96 bits per heavy atom. The Balaban J connectivity index is 1.84. The van der Waals surface area contributed by atoms with Gasteiger partial charge in [-0.2, -0.15) is 5.10 Å². The largest absolute Gasteiger partial charge is 0.322 e. The maximum atomic E-state index is 13.1. The molecular formula is C20H18FN3O2. The number of carbonyl (C=O) groups excluding carboxylic acids is 2. The average Bonchev–Trinajstić information content (AvgIpc) is 3.04. The summed E-state index contributed by atoms with van der Waals surface area (Å²) in [5.74, 6) is -0.627. The van der Waals surface area contributed by atoms with Crippen LogP contribution in [-0.4, -0.2) is 22.0 Å². The number of rotatable bonds is 5. The SMILES string of the molecule is CCc1cc(NC(=O)c2cn(-c3ccc(F)cc3)nc2C)ccc1C=O.